The van der Waals surface area contributed by atoms with Crippen molar-refractivity contribution in [2.75, 3.05) is 31.1 Å². The Hall–Kier alpha value is -2.55. The SMILES string of the molecule is O=C(c1cc[n+]([O-])cc1)N1CCN(c2ncc(C(F)(F)F)cc2Cl)CC1. The van der Waals surface area contributed by atoms with Gasteiger partial charge < -0.3 is 15.0 Å². The number of hydrogen-bond donors (Lipinski definition) is 0. The third-order valence-electron chi connectivity index (χ3n) is 4.06. The van der Waals surface area contributed by atoms with Crippen molar-refractivity contribution in [1.29, 1.82) is 0 Å². The van der Waals surface area contributed by atoms with Crippen molar-refractivity contribution in [2.24, 2.45) is 0 Å². The maximum absolute atomic E-state index is 12.7. The summed E-state index contributed by atoms with van der Waals surface area (Å²) in [4.78, 5) is 19.6. The molecule has 0 N–H and O–H groups in total. The molecule has 2 aromatic heterocycles. The number of nitrogens with zero attached hydrogens (tertiary/aromatic N) is 4. The Kier molecular flexibility index (Phi) is 4.90. The Morgan fingerprint density at radius 3 is 2.35 bits per heavy atom. The summed E-state index contributed by atoms with van der Waals surface area (Å²) in [6.45, 7) is 1.50. The van der Waals surface area contributed by atoms with Crippen LogP contribution in [0.3, 0.4) is 0 Å². The van der Waals surface area contributed by atoms with Crippen LogP contribution in [-0.2, 0) is 6.18 Å². The zero-order valence-corrected chi connectivity index (χ0v) is 14.2. The predicted molar refractivity (Wildman–Crippen MR) is 87.8 cm³/mol. The van der Waals surface area contributed by atoms with E-state index in [1.54, 1.807) is 9.80 Å². The van der Waals surface area contributed by atoms with Gasteiger partial charge in [0.2, 0.25) is 0 Å². The number of pyridine rings is 2. The molecule has 0 bridgehead atoms. The van der Waals surface area contributed by atoms with Gasteiger partial charge in [-0.1, -0.05) is 11.6 Å². The topological polar surface area (TPSA) is 63.4 Å². The molecule has 1 aliphatic heterocycles. The molecule has 1 saturated heterocycles. The van der Waals surface area contributed by atoms with E-state index in [-0.39, 0.29) is 16.7 Å². The normalized spacial score (nSPS) is 15.2. The Bertz CT molecular complexity index is 806. The highest BCUT2D eigenvalue weighted by Crippen LogP contribution is 2.33. The van der Waals surface area contributed by atoms with Crippen LogP contribution in [0.25, 0.3) is 0 Å². The highest BCUT2D eigenvalue weighted by molar-refractivity contribution is 6.33. The lowest BCUT2D eigenvalue weighted by Crippen LogP contribution is -2.49. The summed E-state index contributed by atoms with van der Waals surface area (Å²) in [6, 6.07) is 3.73. The molecule has 6 nitrogen and oxygen atoms in total. The number of halogens is 4. The van der Waals surface area contributed by atoms with Crippen molar-refractivity contribution < 1.29 is 22.7 Å². The number of carbonyl (C=O) groups excluding carboxylic acids is 1. The average molecular weight is 387 g/mol. The summed E-state index contributed by atoms with van der Waals surface area (Å²) in [6.07, 6.45) is -1.26. The first-order valence-corrected chi connectivity index (χ1v) is 8.09. The van der Waals surface area contributed by atoms with Gasteiger partial charge >= 0.3 is 6.18 Å². The number of piperazine rings is 1. The molecule has 138 valence electrons. The van der Waals surface area contributed by atoms with Gasteiger partial charge in [0.05, 0.1) is 16.1 Å². The fourth-order valence-electron chi connectivity index (χ4n) is 2.68. The highest BCUT2D eigenvalue weighted by atomic mass is 35.5. The molecule has 1 amide bonds. The van der Waals surface area contributed by atoms with Crippen molar-refractivity contribution in [1.82, 2.24) is 9.88 Å². The van der Waals surface area contributed by atoms with Crippen LogP contribution in [0.1, 0.15) is 15.9 Å². The van der Waals surface area contributed by atoms with Gasteiger partial charge in [0, 0.05) is 44.5 Å². The fraction of sp³-hybridized carbons (Fsp3) is 0.312. The molecule has 0 unspecified atom stereocenters. The first-order valence-electron chi connectivity index (χ1n) is 7.71. The molecule has 26 heavy (non-hydrogen) atoms. The first-order chi connectivity index (χ1) is 12.3. The van der Waals surface area contributed by atoms with Gasteiger partial charge in [0.1, 0.15) is 5.82 Å². The summed E-state index contributed by atoms with van der Waals surface area (Å²) < 4.78 is 38.7. The second-order valence-corrected chi connectivity index (χ2v) is 6.16. The van der Waals surface area contributed by atoms with Crippen LogP contribution < -0.4 is 9.63 Å². The predicted octanol–water partition coefficient (Wildman–Crippen LogP) is 2.35. The van der Waals surface area contributed by atoms with Gasteiger partial charge in [-0.3, -0.25) is 4.79 Å². The van der Waals surface area contributed by atoms with Crippen LogP contribution in [0.4, 0.5) is 19.0 Å². The minimum Gasteiger partial charge on any atom is -0.619 e. The Morgan fingerprint density at radius 2 is 1.81 bits per heavy atom. The molecule has 0 spiro atoms. The number of alkyl halides is 3. The number of anilines is 1. The lowest BCUT2D eigenvalue weighted by Gasteiger charge is -2.35. The molecule has 0 atom stereocenters. The zero-order chi connectivity index (χ0) is 18.9. The number of carbonyl (C=O) groups is 1. The van der Waals surface area contributed by atoms with Gasteiger partial charge in [0.15, 0.2) is 12.4 Å². The van der Waals surface area contributed by atoms with Crippen LogP contribution in [-0.4, -0.2) is 42.0 Å². The van der Waals surface area contributed by atoms with Crippen LogP contribution in [0.2, 0.25) is 5.02 Å². The minimum atomic E-state index is -4.50. The summed E-state index contributed by atoms with van der Waals surface area (Å²) >= 11 is 5.96. The summed E-state index contributed by atoms with van der Waals surface area (Å²) in [5, 5.41) is 11.0. The quantitative estimate of drug-likeness (QED) is 0.587. The minimum absolute atomic E-state index is 0.0809. The van der Waals surface area contributed by atoms with Gasteiger partial charge in [-0.25, -0.2) is 4.98 Å². The molecule has 1 fully saturated rings. The van der Waals surface area contributed by atoms with Crippen LogP contribution >= 0.6 is 11.6 Å². The third-order valence-corrected chi connectivity index (χ3v) is 4.34. The molecule has 1 aliphatic rings. The average Bonchev–Trinajstić information content (AvgIpc) is 2.61. The number of amides is 1. The first kappa shape index (κ1) is 18.2. The molecule has 3 rings (SSSR count). The monoisotopic (exact) mass is 386 g/mol. The summed E-state index contributed by atoms with van der Waals surface area (Å²) in [7, 11) is 0. The molecule has 0 aromatic carbocycles. The lowest BCUT2D eigenvalue weighted by molar-refractivity contribution is -0.605. The maximum atomic E-state index is 12.7. The highest BCUT2D eigenvalue weighted by Gasteiger charge is 2.32. The number of hydrogen-bond acceptors (Lipinski definition) is 4. The lowest BCUT2D eigenvalue weighted by atomic mass is 10.2. The van der Waals surface area contributed by atoms with E-state index in [1.165, 1.54) is 24.5 Å². The molecular weight excluding hydrogens is 373 g/mol. The third kappa shape index (κ3) is 3.82. The smallest absolute Gasteiger partial charge is 0.417 e. The number of rotatable bonds is 2. The van der Waals surface area contributed by atoms with E-state index in [0.717, 1.165) is 12.3 Å². The Morgan fingerprint density at radius 1 is 1.19 bits per heavy atom. The van der Waals surface area contributed by atoms with Gasteiger partial charge in [-0.05, 0) is 6.07 Å². The van der Waals surface area contributed by atoms with Crippen molar-refractivity contribution in [2.45, 2.75) is 6.18 Å². The second-order valence-electron chi connectivity index (χ2n) is 5.75. The molecular formula is C16H14ClF3N4O2. The summed E-state index contributed by atoms with van der Waals surface area (Å²) in [5.41, 5.74) is -0.504. The maximum Gasteiger partial charge on any atom is 0.417 e. The van der Waals surface area contributed by atoms with Crippen LogP contribution in [0, 0.1) is 5.21 Å². The standard InChI is InChI=1S/C16H14ClF3N4O2/c17-13-9-12(16(18,19)20)10-21-14(13)22-5-7-23(8-6-22)15(25)11-1-3-24(26)4-2-11/h1-4,9-10H,5-8H2. The largest absolute Gasteiger partial charge is 0.619 e. The van der Waals surface area contributed by atoms with E-state index in [2.05, 4.69) is 4.98 Å². The van der Waals surface area contributed by atoms with E-state index in [0.29, 0.717) is 36.5 Å². The summed E-state index contributed by atoms with van der Waals surface area (Å²) in [5.74, 6) is 0.0515. The van der Waals surface area contributed by atoms with E-state index < -0.39 is 11.7 Å². The fourth-order valence-corrected chi connectivity index (χ4v) is 2.96. The van der Waals surface area contributed by atoms with Crippen molar-refractivity contribution in [3.05, 3.63) is 58.1 Å². The van der Waals surface area contributed by atoms with E-state index in [9.17, 15) is 23.2 Å². The van der Waals surface area contributed by atoms with Gasteiger partial charge in [0.25, 0.3) is 5.91 Å². The molecule has 0 saturated carbocycles. The zero-order valence-electron chi connectivity index (χ0n) is 13.4. The van der Waals surface area contributed by atoms with Crippen LogP contribution in [0.15, 0.2) is 36.8 Å². The van der Waals surface area contributed by atoms with E-state index >= 15 is 0 Å². The number of aromatic nitrogens is 2. The van der Waals surface area contributed by atoms with Crippen LogP contribution in [0.5, 0.6) is 0 Å². The molecule has 3 heterocycles. The van der Waals surface area contributed by atoms with Gasteiger partial charge in [-0.2, -0.15) is 17.9 Å². The second kappa shape index (κ2) is 6.99. The molecule has 10 heteroatoms. The van der Waals surface area contributed by atoms with Gasteiger partial charge in [-0.15, -0.1) is 0 Å². The van der Waals surface area contributed by atoms with Crippen molar-refractivity contribution in [3.8, 4) is 0 Å². The Labute approximate surface area is 152 Å². The Balaban J connectivity index is 1.67. The molecule has 2 aromatic rings. The molecule has 0 aliphatic carbocycles. The van der Waals surface area contributed by atoms with Crippen molar-refractivity contribution in [3.63, 3.8) is 0 Å². The molecule has 0 radical (unpaired) electrons. The van der Waals surface area contributed by atoms with Crippen molar-refractivity contribution >= 4 is 23.3 Å². The van der Waals surface area contributed by atoms with E-state index in [4.69, 9.17) is 11.6 Å². The van der Waals surface area contributed by atoms with E-state index in [1.807, 2.05) is 0 Å².